The average molecular weight is 348 g/mol. The van der Waals surface area contributed by atoms with E-state index in [0.717, 1.165) is 12.8 Å². The summed E-state index contributed by atoms with van der Waals surface area (Å²) in [5.41, 5.74) is 2.50. The van der Waals surface area contributed by atoms with Crippen LogP contribution in [0, 0.1) is 0 Å². The van der Waals surface area contributed by atoms with Crippen molar-refractivity contribution >= 4 is 34.8 Å². The SMILES string of the molecule is C/C(=C\COCc1ccccc1)CC/C=C/CC(Cl)(Cl)Cl. The van der Waals surface area contributed by atoms with Crippen LogP contribution in [0.4, 0.5) is 0 Å². The molecule has 4 heteroatoms. The first-order chi connectivity index (χ1) is 9.97. The summed E-state index contributed by atoms with van der Waals surface area (Å²) in [4.78, 5) is 0. The zero-order valence-corrected chi connectivity index (χ0v) is 14.5. The molecule has 116 valence electrons. The summed E-state index contributed by atoms with van der Waals surface area (Å²) in [7, 11) is 0. The fourth-order valence-electron chi connectivity index (χ4n) is 1.70. The number of hydrogen-bond acceptors (Lipinski definition) is 1. The Morgan fingerprint density at radius 3 is 2.52 bits per heavy atom. The van der Waals surface area contributed by atoms with Crippen molar-refractivity contribution in [2.75, 3.05) is 6.61 Å². The van der Waals surface area contributed by atoms with Crippen molar-refractivity contribution in [2.24, 2.45) is 0 Å². The van der Waals surface area contributed by atoms with Gasteiger partial charge in [-0.15, -0.1) is 0 Å². The van der Waals surface area contributed by atoms with Gasteiger partial charge in [-0.25, -0.2) is 0 Å². The largest absolute Gasteiger partial charge is 0.373 e. The van der Waals surface area contributed by atoms with Crippen LogP contribution in [0.1, 0.15) is 31.7 Å². The van der Waals surface area contributed by atoms with Crippen molar-refractivity contribution in [2.45, 2.75) is 36.6 Å². The second-order valence-corrected chi connectivity index (χ2v) is 7.40. The van der Waals surface area contributed by atoms with Crippen LogP contribution in [-0.4, -0.2) is 10.4 Å². The zero-order chi connectivity index (χ0) is 15.6. The Balaban J connectivity index is 2.13. The lowest BCUT2D eigenvalue weighted by Crippen LogP contribution is -1.97. The van der Waals surface area contributed by atoms with Crippen molar-refractivity contribution in [3.05, 3.63) is 59.7 Å². The lowest BCUT2D eigenvalue weighted by atomic mass is 10.1. The number of benzene rings is 1. The van der Waals surface area contributed by atoms with Crippen LogP contribution in [-0.2, 0) is 11.3 Å². The smallest absolute Gasteiger partial charge is 0.194 e. The van der Waals surface area contributed by atoms with Gasteiger partial charge in [0.15, 0.2) is 3.79 Å². The fraction of sp³-hybridized carbons (Fsp3) is 0.412. The first-order valence-electron chi connectivity index (χ1n) is 6.96. The number of allylic oxidation sites excluding steroid dienone is 3. The van der Waals surface area contributed by atoms with Crippen LogP contribution in [0.15, 0.2) is 54.1 Å². The van der Waals surface area contributed by atoms with E-state index in [0.29, 0.717) is 19.6 Å². The van der Waals surface area contributed by atoms with Gasteiger partial charge in [-0.3, -0.25) is 0 Å². The molecule has 1 aromatic rings. The maximum Gasteiger partial charge on any atom is 0.194 e. The summed E-state index contributed by atoms with van der Waals surface area (Å²) in [6.07, 6.45) is 8.45. The molecule has 0 atom stereocenters. The molecule has 0 aromatic heterocycles. The average Bonchev–Trinajstić information content (AvgIpc) is 2.43. The molecule has 0 aliphatic heterocycles. The third-order valence-corrected chi connectivity index (χ3v) is 3.35. The third kappa shape index (κ3) is 10.8. The molecule has 0 saturated carbocycles. The number of rotatable bonds is 8. The predicted molar refractivity (Wildman–Crippen MR) is 93.1 cm³/mol. The highest BCUT2D eigenvalue weighted by Gasteiger charge is 2.16. The van der Waals surface area contributed by atoms with Crippen molar-refractivity contribution in [1.82, 2.24) is 0 Å². The van der Waals surface area contributed by atoms with Gasteiger partial charge >= 0.3 is 0 Å². The van der Waals surface area contributed by atoms with Crippen LogP contribution < -0.4 is 0 Å². The lowest BCUT2D eigenvalue weighted by molar-refractivity contribution is 0.148. The molecule has 0 spiro atoms. The molecule has 0 fully saturated rings. The summed E-state index contributed by atoms with van der Waals surface area (Å²) in [5.74, 6) is 0. The minimum atomic E-state index is -1.19. The molecule has 0 saturated heterocycles. The second kappa shape index (κ2) is 10.3. The summed E-state index contributed by atoms with van der Waals surface area (Å²) < 4.78 is 4.43. The fourth-order valence-corrected chi connectivity index (χ4v) is 1.97. The summed E-state index contributed by atoms with van der Waals surface area (Å²) in [6, 6.07) is 10.2. The summed E-state index contributed by atoms with van der Waals surface area (Å²) in [5, 5.41) is 0. The monoisotopic (exact) mass is 346 g/mol. The number of halogens is 3. The summed E-state index contributed by atoms with van der Waals surface area (Å²) in [6.45, 7) is 3.39. The summed E-state index contributed by atoms with van der Waals surface area (Å²) >= 11 is 17.0. The normalized spacial score (nSPS) is 13.0. The highest BCUT2D eigenvalue weighted by atomic mass is 35.6. The van der Waals surface area contributed by atoms with Crippen LogP contribution >= 0.6 is 34.8 Å². The number of alkyl halides is 3. The van der Waals surface area contributed by atoms with E-state index in [2.05, 4.69) is 25.1 Å². The highest BCUT2D eigenvalue weighted by molar-refractivity contribution is 6.67. The Morgan fingerprint density at radius 2 is 1.86 bits per heavy atom. The van der Waals surface area contributed by atoms with E-state index in [1.807, 2.05) is 30.4 Å². The van der Waals surface area contributed by atoms with E-state index in [1.165, 1.54) is 11.1 Å². The van der Waals surface area contributed by atoms with E-state index in [4.69, 9.17) is 39.5 Å². The van der Waals surface area contributed by atoms with Gasteiger partial charge in [0.25, 0.3) is 0 Å². The molecule has 1 nitrogen and oxygen atoms in total. The molecule has 1 aromatic carbocycles. The predicted octanol–water partition coefficient (Wildman–Crippen LogP) is 6.25. The minimum absolute atomic E-state index is 0.445. The molecule has 0 unspecified atom stereocenters. The van der Waals surface area contributed by atoms with Crippen LogP contribution in [0.3, 0.4) is 0 Å². The topological polar surface area (TPSA) is 9.23 Å². The van der Waals surface area contributed by atoms with Gasteiger partial charge in [0, 0.05) is 6.42 Å². The van der Waals surface area contributed by atoms with Gasteiger partial charge in [-0.05, 0) is 25.3 Å². The van der Waals surface area contributed by atoms with Gasteiger partial charge in [0.1, 0.15) is 0 Å². The minimum Gasteiger partial charge on any atom is -0.373 e. The van der Waals surface area contributed by atoms with Crippen molar-refractivity contribution < 1.29 is 4.74 Å². The van der Waals surface area contributed by atoms with E-state index in [9.17, 15) is 0 Å². The van der Waals surface area contributed by atoms with E-state index >= 15 is 0 Å². The van der Waals surface area contributed by atoms with Crippen molar-refractivity contribution in [1.29, 1.82) is 0 Å². The van der Waals surface area contributed by atoms with Gasteiger partial charge in [0.05, 0.1) is 13.2 Å². The van der Waals surface area contributed by atoms with Crippen molar-refractivity contribution in [3.63, 3.8) is 0 Å². The van der Waals surface area contributed by atoms with Crippen LogP contribution in [0.25, 0.3) is 0 Å². The molecule has 0 radical (unpaired) electrons. The third-order valence-electron chi connectivity index (χ3n) is 2.88. The van der Waals surface area contributed by atoms with Crippen LogP contribution in [0.2, 0.25) is 0 Å². The maximum atomic E-state index is 5.66. The molecule has 1 rings (SSSR count). The molecule has 0 aliphatic rings. The van der Waals surface area contributed by atoms with Gasteiger partial charge < -0.3 is 4.74 Å². The molecule has 0 heterocycles. The number of ether oxygens (including phenoxy) is 1. The van der Waals surface area contributed by atoms with E-state index in [1.54, 1.807) is 0 Å². The van der Waals surface area contributed by atoms with Gasteiger partial charge in [0.2, 0.25) is 0 Å². The van der Waals surface area contributed by atoms with Crippen molar-refractivity contribution in [3.8, 4) is 0 Å². The van der Waals surface area contributed by atoms with E-state index < -0.39 is 3.79 Å². The Labute approximate surface area is 142 Å². The van der Waals surface area contributed by atoms with Gasteiger partial charge in [-0.2, -0.15) is 0 Å². The zero-order valence-electron chi connectivity index (χ0n) is 12.2. The van der Waals surface area contributed by atoms with Gasteiger partial charge in [-0.1, -0.05) is 88.9 Å². The maximum absolute atomic E-state index is 5.66. The highest BCUT2D eigenvalue weighted by Crippen LogP contribution is 2.30. The van der Waals surface area contributed by atoms with Crippen LogP contribution in [0.5, 0.6) is 0 Å². The number of hydrogen-bond donors (Lipinski definition) is 0. The Hall–Kier alpha value is -0.470. The Kier molecular flexibility index (Phi) is 9.10. The molecular formula is C17H21Cl3O. The first kappa shape index (κ1) is 18.6. The Bertz CT molecular complexity index is 447. The van der Waals surface area contributed by atoms with E-state index in [-0.39, 0.29) is 0 Å². The molecule has 0 amide bonds. The Morgan fingerprint density at radius 1 is 1.14 bits per heavy atom. The lowest BCUT2D eigenvalue weighted by Gasteiger charge is -2.05. The quantitative estimate of drug-likeness (QED) is 0.307. The molecule has 0 bridgehead atoms. The molecule has 0 N–H and O–H groups in total. The molecule has 21 heavy (non-hydrogen) atoms. The molecule has 0 aliphatic carbocycles. The standard InChI is InChI=1S/C17H21Cl3O/c1-15(8-4-3-7-12-17(18,19)20)11-13-21-14-16-9-5-2-6-10-16/h2-3,5-7,9-11H,4,8,12-14H2,1H3/b7-3+,15-11+. The second-order valence-electron chi connectivity index (χ2n) is 4.88. The first-order valence-corrected chi connectivity index (χ1v) is 8.10. The molecular weight excluding hydrogens is 327 g/mol.